The predicted octanol–water partition coefficient (Wildman–Crippen LogP) is 0.947. The minimum Gasteiger partial charge on any atom is -0.350 e. The highest BCUT2D eigenvalue weighted by atomic mass is 35.5. The van der Waals surface area contributed by atoms with Gasteiger partial charge in [0.1, 0.15) is 5.16 Å². The molecular weight excluding hydrogens is 152 g/mol. The van der Waals surface area contributed by atoms with Crippen molar-refractivity contribution in [2.24, 2.45) is 0 Å². The second-order valence-corrected chi connectivity index (χ2v) is 2.27. The number of carbonyl (C=O) groups is 1. The number of nitrogens with zero attached hydrogens (tertiary/aromatic N) is 1. The minimum atomic E-state index is -0.0594. The predicted molar refractivity (Wildman–Crippen MR) is 38.7 cm³/mol. The van der Waals surface area contributed by atoms with Gasteiger partial charge in [-0.25, -0.2) is 0 Å². The van der Waals surface area contributed by atoms with Crippen LogP contribution in [0.2, 0.25) is 0 Å². The molecule has 0 aromatic carbocycles. The van der Waals surface area contributed by atoms with Gasteiger partial charge in [0.2, 0.25) is 5.91 Å². The molecule has 4 heteroatoms. The van der Waals surface area contributed by atoms with E-state index in [1.807, 2.05) is 0 Å². The van der Waals surface area contributed by atoms with E-state index in [-0.39, 0.29) is 5.91 Å². The van der Waals surface area contributed by atoms with Gasteiger partial charge in [0.25, 0.3) is 0 Å². The second-order valence-electron chi connectivity index (χ2n) is 1.86. The van der Waals surface area contributed by atoms with Crippen LogP contribution in [0.25, 0.3) is 0 Å². The first-order valence-corrected chi connectivity index (χ1v) is 3.17. The Morgan fingerprint density at radius 2 is 2.50 bits per heavy atom. The van der Waals surface area contributed by atoms with E-state index in [4.69, 9.17) is 11.6 Å². The van der Waals surface area contributed by atoms with Gasteiger partial charge in [-0.15, -0.1) is 0 Å². The second kappa shape index (κ2) is 2.75. The Bertz CT molecular complexity index is 210. The molecule has 1 N–H and O–H groups in total. The van der Waals surface area contributed by atoms with Crippen molar-refractivity contribution in [2.45, 2.75) is 6.92 Å². The molecule has 1 aliphatic heterocycles. The standard InChI is InChI=1S/C6H7ClN2O/c1-5(10)9-3-2-8-6(7)4-9/h2-4,8H,1H3. The van der Waals surface area contributed by atoms with Gasteiger partial charge in [0.05, 0.1) is 0 Å². The van der Waals surface area contributed by atoms with Crippen molar-refractivity contribution in [1.82, 2.24) is 10.2 Å². The molecular formula is C6H7ClN2O. The molecule has 54 valence electrons. The summed E-state index contributed by atoms with van der Waals surface area (Å²) in [5.74, 6) is -0.0594. The third kappa shape index (κ3) is 1.51. The molecule has 0 aromatic rings. The number of amides is 1. The summed E-state index contributed by atoms with van der Waals surface area (Å²) >= 11 is 5.56. The van der Waals surface area contributed by atoms with Gasteiger partial charge in [0.15, 0.2) is 0 Å². The Hall–Kier alpha value is -0.960. The van der Waals surface area contributed by atoms with E-state index >= 15 is 0 Å². The first kappa shape index (κ1) is 7.15. The Kier molecular flexibility index (Phi) is 1.97. The molecule has 1 heterocycles. The SMILES string of the molecule is CC(=O)N1C=CNC(Cl)=C1. The van der Waals surface area contributed by atoms with E-state index in [9.17, 15) is 4.79 Å². The first-order chi connectivity index (χ1) is 4.70. The minimum absolute atomic E-state index is 0.0594. The van der Waals surface area contributed by atoms with Gasteiger partial charge >= 0.3 is 0 Å². The quantitative estimate of drug-likeness (QED) is 0.533. The fourth-order valence-electron chi connectivity index (χ4n) is 0.595. The molecule has 0 fully saturated rings. The van der Waals surface area contributed by atoms with E-state index < -0.39 is 0 Å². The summed E-state index contributed by atoms with van der Waals surface area (Å²) in [5, 5.41) is 3.16. The van der Waals surface area contributed by atoms with Crippen molar-refractivity contribution in [3.63, 3.8) is 0 Å². The summed E-state index contributed by atoms with van der Waals surface area (Å²) < 4.78 is 0. The van der Waals surface area contributed by atoms with E-state index in [0.717, 1.165) is 0 Å². The lowest BCUT2D eigenvalue weighted by molar-refractivity contribution is -0.124. The smallest absolute Gasteiger partial charge is 0.227 e. The summed E-state index contributed by atoms with van der Waals surface area (Å²) in [4.78, 5) is 12.1. The maximum atomic E-state index is 10.7. The largest absolute Gasteiger partial charge is 0.350 e. The van der Waals surface area contributed by atoms with Crippen molar-refractivity contribution < 1.29 is 4.79 Å². The van der Waals surface area contributed by atoms with Crippen LogP contribution in [0.3, 0.4) is 0 Å². The van der Waals surface area contributed by atoms with E-state index in [2.05, 4.69) is 5.32 Å². The van der Waals surface area contributed by atoms with E-state index in [0.29, 0.717) is 5.16 Å². The van der Waals surface area contributed by atoms with E-state index in [1.165, 1.54) is 18.0 Å². The van der Waals surface area contributed by atoms with Gasteiger partial charge in [-0.05, 0) is 0 Å². The number of rotatable bonds is 0. The summed E-state index contributed by atoms with van der Waals surface area (Å²) in [5.41, 5.74) is 0. The van der Waals surface area contributed by atoms with Crippen LogP contribution in [-0.4, -0.2) is 10.8 Å². The van der Waals surface area contributed by atoms with Gasteiger partial charge < -0.3 is 5.32 Å². The zero-order valence-corrected chi connectivity index (χ0v) is 6.22. The monoisotopic (exact) mass is 158 g/mol. The van der Waals surface area contributed by atoms with Crippen LogP contribution in [-0.2, 0) is 4.79 Å². The van der Waals surface area contributed by atoms with E-state index in [1.54, 1.807) is 12.4 Å². The van der Waals surface area contributed by atoms with Gasteiger partial charge in [0, 0.05) is 25.5 Å². The Labute approximate surface area is 64.0 Å². The van der Waals surface area contributed by atoms with Crippen LogP contribution in [0, 0.1) is 0 Å². The molecule has 1 amide bonds. The molecule has 0 atom stereocenters. The van der Waals surface area contributed by atoms with Gasteiger partial charge in [-0.3, -0.25) is 9.69 Å². The number of halogens is 1. The Morgan fingerprint density at radius 1 is 1.80 bits per heavy atom. The van der Waals surface area contributed by atoms with Crippen molar-refractivity contribution in [3.8, 4) is 0 Å². The van der Waals surface area contributed by atoms with Gasteiger partial charge in [-0.2, -0.15) is 0 Å². The third-order valence-corrected chi connectivity index (χ3v) is 1.28. The maximum absolute atomic E-state index is 10.7. The molecule has 0 bridgehead atoms. The highest BCUT2D eigenvalue weighted by Crippen LogP contribution is 2.05. The molecule has 0 spiro atoms. The van der Waals surface area contributed by atoms with Crippen LogP contribution in [0.4, 0.5) is 0 Å². The zero-order valence-electron chi connectivity index (χ0n) is 5.47. The normalized spacial score (nSPS) is 16.2. The summed E-state index contributed by atoms with van der Waals surface area (Å²) in [6.45, 7) is 1.47. The fourth-order valence-corrected chi connectivity index (χ4v) is 0.764. The third-order valence-electron chi connectivity index (χ3n) is 1.07. The molecule has 0 aliphatic carbocycles. The molecule has 0 saturated carbocycles. The molecule has 0 aromatic heterocycles. The van der Waals surface area contributed by atoms with Crippen molar-refractivity contribution >= 4 is 17.5 Å². The molecule has 0 radical (unpaired) electrons. The topological polar surface area (TPSA) is 32.3 Å². The highest BCUT2D eigenvalue weighted by Gasteiger charge is 2.05. The maximum Gasteiger partial charge on any atom is 0.227 e. The average Bonchev–Trinajstić information content (AvgIpc) is 1.88. The number of hydrogen-bond acceptors (Lipinski definition) is 2. The number of hydrogen-bond donors (Lipinski definition) is 1. The van der Waals surface area contributed by atoms with Crippen LogP contribution in [0.15, 0.2) is 23.8 Å². The van der Waals surface area contributed by atoms with Crippen LogP contribution in [0.1, 0.15) is 6.92 Å². The molecule has 0 unspecified atom stereocenters. The number of carbonyl (C=O) groups excluding carboxylic acids is 1. The fraction of sp³-hybridized carbons (Fsp3) is 0.167. The van der Waals surface area contributed by atoms with Crippen LogP contribution >= 0.6 is 11.6 Å². The van der Waals surface area contributed by atoms with Crippen molar-refractivity contribution in [3.05, 3.63) is 23.8 Å². The lowest BCUT2D eigenvalue weighted by Crippen LogP contribution is -2.22. The first-order valence-electron chi connectivity index (χ1n) is 2.79. The Morgan fingerprint density at radius 3 is 2.90 bits per heavy atom. The average molecular weight is 159 g/mol. The lowest BCUT2D eigenvalue weighted by Gasteiger charge is -2.15. The Balaban J connectivity index is 2.70. The number of nitrogens with one attached hydrogen (secondary N) is 1. The summed E-state index contributed by atoms with van der Waals surface area (Å²) in [7, 11) is 0. The van der Waals surface area contributed by atoms with Crippen molar-refractivity contribution in [1.29, 1.82) is 0 Å². The molecule has 10 heavy (non-hydrogen) atoms. The highest BCUT2D eigenvalue weighted by molar-refractivity contribution is 6.29. The summed E-state index contributed by atoms with van der Waals surface area (Å²) in [6.07, 6.45) is 4.72. The van der Waals surface area contributed by atoms with Crippen molar-refractivity contribution in [2.75, 3.05) is 0 Å². The van der Waals surface area contributed by atoms with Crippen LogP contribution in [0.5, 0.6) is 0 Å². The molecule has 0 saturated heterocycles. The van der Waals surface area contributed by atoms with Crippen LogP contribution < -0.4 is 5.32 Å². The van der Waals surface area contributed by atoms with Gasteiger partial charge in [-0.1, -0.05) is 11.6 Å². The molecule has 1 aliphatic rings. The summed E-state index contributed by atoms with van der Waals surface area (Å²) in [6, 6.07) is 0. The lowest BCUT2D eigenvalue weighted by atomic mass is 10.5. The zero-order chi connectivity index (χ0) is 7.56. The molecule has 1 rings (SSSR count). The molecule has 3 nitrogen and oxygen atoms in total.